The number of urea groups is 1. The van der Waals surface area contributed by atoms with Crippen LogP contribution in [0.25, 0.3) is 0 Å². The number of hydrogen-bond acceptors (Lipinski definition) is 2. The third kappa shape index (κ3) is 2.32. The molecule has 2 unspecified atom stereocenters. The van der Waals surface area contributed by atoms with E-state index in [1.165, 1.54) is 0 Å². The fraction of sp³-hybridized carbons (Fsp3) is 0.917. The van der Waals surface area contributed by atoms with Crippen molar-refractivity contribution < 1.29 is 4.79 Å². The van der Waals surface area contributed by atoms with Crippen molar-refractivity contribution in [3.8, 4) is 0 Å². The number of nitrogens with two attached hydrogens (primary N) is 1. The van der Waals surface area contributed by atoms with Gasteiger partial charge >= 0.3 is 6.03 Å². The molecule has 4 nitrogen and oxygen atoms in total. The molecule has 0 aromatic rings. The Morgan fingerprint density at radius 2 is 2.06 bits per heavy atom. The topological polar surface area (TPSA) is 58.4 Å². The lowest BCUT2D eigenvalue weighted by Gasteiger charge is -2.47. The summed E-state index contributed by atoms with van der Waals surface area (Å²) in [6.07, 6.45) is 3.02. The van der Waals surface area contributed by atoms with E-state index >= 15 is 0 Å². The molecule has 1 heterocycles. The first kappa shape index (κ1) is 11.7. The molecular formula is C12H23N3O. The van der Waals surface area contributed by atoms with E-state index in [0.29, 0.717) is 6.04 Å². The Bertz CT molecular complexity index is 283. The summed E-state index contributed by atoms with van der Waals surface area (Å²) in [5.74, 6) is 0. The summed E-state index contributed by atoms with van der Waals surface area (Å²) in [7, 11) is 0. The lowest BCUT2D eigenvalue weighted by atomic mass is 9.67. The molecule has 92 valence electrons. The smallest absolute Gasteiger partial charge is 0.317 e. The van der Waals surface area contributed by atoms with Gasteiger partial charge in [0.25, 0.3) is 0 Å². The van der Waals surface area contributed by atoms with Gasteiger partial charge in [-0.25, -0.2) is 4.79 Å². The van der Waals surface area contributed by atoms with Crippen LogP contribution in [-0.2, 0) is 0 Å². The third-order valence-corrected chi connectivity index (χ3v) is 3.70. The van der Waals surface area contributed by atoms with Crippen LogP contribution >= 0.6 is 0 Å². The van der Waals surface area contributed by atoms with Crippen LogP contribution in [-0.4, -0.2) is 35.6 Å². The predicted octanol–water partition coefficient (Wildman–Crippen LogP) is 1.31. The first-order valence-electron chi connectivity index (χ1n) is 6.13. The molecule has 0 aromatic heterocycles. The van der Waals surface area contributed by atoms with Gasteiger partial charge in [0.2, 0.25) is 0 Å². The summed E-state index contributed by atoms with van der Waals surface area (Å²) in [4.78, 5) is 13.6. The normalized spacial score (nSPS) is 38.6. The fourth-order valence-electron chi connectivity index (χ4n) is 3.54. The number of rotatable bonds is 1. The number of hydrogen-bond donors (Lipinski definition) is 2. The molecule has 4 heteroatoms. The van der Waals surface area contributed by atoms with Crippen LogP contribution in [0.4, 0.5) is 4.79 Å². The van der Waals surface area contributed by atoms with Crippen LogP contribution in [0.3, 0.4) is 0 Å². The second-order valence-electron chi connectivity index (χ2n) is 6.48. The monoisotopic (exact) mass is 225 g/mol. The molecule has 1 saturated carbocycles. The van der Waals surface area contributed by atoms with Gasteiger partial charge in [0.05, 0.1) is 0 Å². The van der Waals surface area contributed by atoms with E-state index in [2.05, 4.69) is 26.1 Å². The first-order chi connectivity index (χ1) is 7.29. The van der Waals surface area contributed by atoms with Crippen LogP contribution in [0.5, 0.6) is 0 Å². The molecule has 2 atom stereocenters. The zero-order chi connectivity index (χ0) is 12.0. The van der Waals surface area contributed by atoms with Crippen molar-refractivity contribution in [1.82, 2.24) is 10.2 Å². The van der Waals surface area contributed by atoms with Gasteiger partial charge in [-0.3, -0.25) is 0 Å². The average Bonchev–Trinajstić information content (AvgIpc) is 2.45. The van der Waals surface area contributed by atoms with Gasteiger partial charge in [-0.15, -0.1) is 0 Å². The maximum Gasteiger partial charge on any atom is 0.317 e. The Labute approximate surface area is 97.6 Å². The van der Waals surface area contributed by atoms with Gasteiger partial charge in [-0.1, -0.05) is 13.8 Å². The minimum atomic E-state index is -0.144. The molecule has 16 heavy (non-hydrogen) atoms. The molecule has 1 aliphatic heterocycles. The Morgan fingerprint density at radius 1 is 1.38 bits per heavy atom. The lowest BCUT2D eigenvalue weighted by molar-refractivity contribution is 0.0804. The molecule has 0 spiro atoms. The van der Waals surface area contributed by atoms with Crippen molar-refractivity contribution in [2.24, 2.45) is 11.1 Å². The number of nitrogens with one attached hydrogen (secondary N) is 1. The largest absolute Gasteiger partial charge is 0.336 e. The number of carbonyl (C=O) groups is 1. The number of carbonyl (C=O) groups excluding carboxylic acids is 1. The molecule has 1 aliphatic carbocycles. The highest BCUT2D eigenvalue weighted by atomic mass is 16.2. The highest BCUT2D eigenvalue weighted by molar-refractivity contribution is 5.76. The Balaban J connectivity index is 2.13. The minimum Gasteiger partial charge on any atom is -0.336 e. The van der Waals surface area contributed by atoms with E-state index in [4.69, 9.17) is 5.73 Å². The van der Waals surface area contributed by atoms with E-state index < -0.39 is 0 Å². The van der Waals surface area contributed by atoms with E-state index in [-0.39, 0.29) is 17.0 Å². The summed E-state index contributed by atoms with van der Waals surface area (Å²) in [6, 6.07) is 0.389. The summed E-state index contributed by atoms with van der Waals surface area (Å²) >= 11 is 0. The Morgan fingerprint density at radius 3 is 2.56 bits per heavy atom. The number of amides is 2. The summed E-state index contributed by atoms with van der Waals surface area (Å²) in [5.41, 5.74) is 6.39. The van der Waals surface area contributed by atoms with Crippen LogP contribution in [0.1, 0.15) is 40.0 Å². The second-order valence-corrected chi connectivity index (χ2v) is 6.48. The highest BCUT2D eigenvalue weighted by Gasteiger charge is 2.42. The highest BCUT2D eigenvalue weighted by Crippen LogP contribution is 2.41. The van der Waals surface area contributed by atoms with Crippen molar-refractivity contribution in [2.75, 3.05) is 13.1 Å². The fourth-order valence-corrected chi connectivity index (χ4v) is 3.54. The van der Waals surface area contributed by atoms with Gasteiger partial charge in [-0.05, 0) is 31.6 Å². The molecule has 1 saturated heterocycles. The summed E-state index contributed by atoms with van der Waals surface area (Å²) in [6.45, 7) is 8.21. The second kappa shape index (κ2) is 3.62. The molecule has 0 aromatic carbocycles. The average molecular weight is 225 g/mol. The zero-order valence-corrected chi connectivity index (χ0v) is 10.5. The molecule has 0 bridgehead atoms. The minimum absolute atomic E-state index is 0.0819. The van der Waals surface area contributed by atoms with E-state index in [1.54, 1.807) is 0 Å². The van der Waals surface area contributed by atoms with E-state index in [0.717, 1.165) is 32.4 Å². The van der Waals surface area contributed by atoms with Crippen molar-refractivity contribution >= 4 is 6.03 Å². The van der Waals surface area contributed by atoms with Crippen LogP contribution in [0.15, 0.2) is 0 Å². The van der Waals surface area contributed by atoms with Crippen molar-refractivity contribution in [3.05, 3.63) is 0 Å². The predicted molar refractivity (Wildman–Crippen MR) is 64.1 cm³/mol. The van der Waals surface area contributed by atoms with E-state index in [1.807, 2.05) is 4.90 Å². The lowest BCUT2D eigenvalue weighted by Crippen LogP contribution is -2.54. The zero-order valence-electron chi connectivity index (χ0n) is 10.5. The van der Waals surface area contributed by atoms with Gasteiger partial charge in [0.15, 0.2) is 0 Å². The SMILES string of the molecule is CC1(C)CC(N2CCNC2=O)CC(C)(N)C1. The molecule has 2 rings (SSSR count). The molecule has 3 N–H and O–H groups in total. The van der Waals surface area contributed by atoms with Crippen molar-refractivity contribution in [2.45, 2.75) is 51.6 Å². The summed E-state index contributed by atoms with van der Waals surface area (Å²) < 4.78 is 0. The maximum absolute atomic E-state index is 11.7. The molecule has 2 aliphatic rings. The van der Waals surface area contributed by atoms with Crippen LogP contribution in [0.2, 0.25) is 0 Å². The number of nitrogens with zero attached hydrogens (tertiary/aromatic N) is 1. The quantitative estimate of drug-likeness (QED) is 0.707. The third-order valence-electron chi connectivity index (χ3n) is 3.70. The van der Waals surface area contributed by atoms with Crippen molar-refractivity contribution in [3.63, 3.8) is 0 Å². The Hall–Kier alpha value is -0.770. The van der Waals surface area contributed by atoms with Crippen LogP contribution in [0, 0.1) is 5.41 Å². The first-order valence-corrected chi connectivity index (χ1v) is 6.13. The Kier molecular flexibility index (Phi) is 2.65. The standard InChI is InChI=1S/C12H23N3O/c1-11(2)6-9(7-12(3,13)8-11)15-5-4-14-10(15)16/h9H,4-8,13H2,1-3H3,(H,14,16). The maximum atomic E-state index is 11.7. The van der Waals surface area contributed by atoms with Gasteiger partial charge < -0.3 is 16.0 Å². The van der Waals surface area contributed by atoms with Crippen molar-refractivity contribution in [1.29, 1.82) is 0 Å². The van der Waals surface area contributed by atoms with Gasteiger partial charge in [0.1, 0.15) is 0 Å². The van der Waals surface area contributed by atoms with Crippen LogP contribution < -0.4 is 11.1 Å². The molecule has 0 radical (unpaired) electrons. The molecule has 2 amide bonds. The van der Waals surface area contributed by atoms with E-state index in [9.17, 15) is 4.79 Å². The van der Waals surface area contributed by atoms with Gasteiger partial charge in [-0.2, -0.15) is 0 Å². The van der Waals surface area contributed by atoms with Gasteiger partial charge in [0, 0.05) is 24.7 Å². The molecular weight excluding hydrogens is 202 g/mol. The molecule has 2 fully saturated rings. The summed E-state index contributed by atoms with van der Waals surface area (Å²) in [5, 5.41) is 2.87.